The van der Waals surface area contributed by atoms with Gasteiger partial charge in [-0.2, -0.15) is 0 Å². The van der Waals surface area contributed by atoms with Crippen LogP contribution < -0.4 is 5.32 Å². The quantitative estimate of drug-likeness (QED) is 0.581. The lowest BCUT2D eigenvalue weighted by molar-refractivity contribution is -0.119. The van der Waals surface area contributed by atoms with E-state index in [9.17, 15) is 19.2 Å². The first-order valence-electron chi connectivity index (χ1n) is 7.89. The Balaban J connectivity index is 2.12. The Morgan fingerprint density at radius 1 is 0.893 bits per heavy atom. The Morgan fingerprint density at radius 3 is 2.21 bits per heavy atom. The maximum atomic E-state index is 12.1. The highest BCUT2D eigenvalue weighted by Gasteiger charge is 2.18. The lowest BCUT2D eigenvalue weighted by atomic mass is 10.1. The first kappa shape index (κ1) is 20.9. The average molecular weight is 406 g/mol. The second kappa shape index (κ2) is 9.52. The fourth-order valence-electron chi connectivity index (χ4n) is 2.20. The van der Waals surface area contributed by atoms with Gasteiger partial charge in [0.25, 0.3) is 5.91 Å². The first-order valence-corrected chi connectivity index (χ1v) is 8.26. The largest absolute Gasteiger partial charge is 0.465 e. The van der Waals surface area contributed by atoms with Crippen molar-refractivity contribution in [3.05, 3.63) is 64.2 Å². The molecule has 0 spiro atoms. The van der Waals surface area contributed by atoms with Crippen LogP contribution in [0.3, 0.4) is 0 Å². The number of anilines is 1. The van der Waals surface area contributed by atoms with Crippen LogP contribution in [0.2, 0.25) is 5.02 Å². The van der Waals surface area contributed by atoms with Gasteiger partial charge in [0.05, 0.1) is 36.6 Å². The van der Waals surface area contributed by atoms with Crippen molar-refractivity contribution in [3.8, 4) is 0 Å². The van der Waals surface area contributed by atoms with E-state index in [4.69, 9.17) is 16.3 Å². The van der Waals surface area contributed by atoms with E-state index < -0.39 is 30.4 Å². The standard InChI is InChI=1S/C19H16ClNO7/c1-26-17(23)12-6-7-14(19(25)27-2)15(9-12)21-16(22)10-28-18(24)11-4-3-5-13(20)8-11/h3-9H,10H2,1-2H3,(H,21,22). The molecule has 2 rings (SSSR count). The molecule has 1 N–H and O–H groups in total. The normalized spacial score (nSPS) is 9.96. The number of nitrogens with one attached hydrogen (secondary N) is 1. The lowest BCUT2D eigenvalue weighted by Crippen LogP contribution is -2.22. The van der Waals surface area contributed by atoms with E-state index in [0.29, 0.717) is 5.02 Å². The van der Waals surface area contributed by atoms with Crippen LogP contribution in [-0.2, 0) is 19.0 Å². The van der Waals surface area contributed by atoms with Crippen molar-refractivity contribution < 1.29 is 33.4 Å². The second-order valence-corrected chi connectivity index (χ2v) is 5.81. The van der Waals surface area contributed by atoms with Gasteiger partial charge in [-0.1, -0.05) is 17.7 Å². The molecule has 0 radical (unpaired) electrons. The van der Waals surface area contributed by atoms with Gasteiger partial charge < -0.3 is 19.5 Å². The number of halogens is 1. The van der Waals surface area contributed by atoms with Gasteiger partial charge >= 0.3 is 17.9 Å². The zero-order valence-corrected chi connectivity index (χ0v) is 15.7. The van der Waals surface area contributed by atoms with Crippen molar-refractivity contribution in [2.45, 2.75) is 0 Å². The van der Waals surface area contributed by atoms with Crippen LogP contribution in [0, 0.1) is 0 Å². The molecular weight excluding hydrogens is 390 g/mol. The Hall–Kier alpha value is -3.39. The first-order chi connectivity index (χ1) is 13.3. The molecule has 0 bridgehead atoms. The molecular formula is C19H16ClNO7. The smallest absolute Gasteiger partial charge is 0.339 e. The molecule has 8 nitrogen and oxygen atoms in total. The molecule has 0 aliphatic rings. The van der Waals surface area contributed by atoms with Crippen LogP contribution in [0.15, 0.2) is 42.5 Å². The summed E-state index contributed by atoms with van der Waals surface area (Å²) in [6.07, 6.45) is 0. The Bertz CT molecular complexity index is 926. The van der Waals surface area contributed by atoms with Crippen LogP contribution >= 0.6 is 11.6 Å². The summed E-state index contributed by atoms with van der Waals surface area (Å²) in [6.45, 7) is -0.617. The summed E-state index contributed by atoms with van der Waals surface area (Å²) in [5.74, 6) is -2.83. The van der Waals surface area contributed by atoms with Crippen molar-refractivity contribution in [2.24, 2.45) is 0 Å². The number of carbonyl (C=O) groups excluding carboxylic acids is 4. The number of carbonyl (C=O) groups is 4. The van der Waals surface area contributed by atoms with Crippen molar-refractivity contribution in [1.29, 1.82) is 0 Å². The number of hydrogen-bond acceptors (Lipinski definition) is 7. The zero-order chi connectivity index (χ0) is 20.7. The highest BCUT2D eigenvalue weighted by molar-refractivity contribution is 6.30. The topological polar surface area (TPSA) is 108 Å². The number of amides is 1. The SMILES string of the molecule is COC(=O)c1ccc(C(=O)OC)c(NC(=O)COC(=O)c2cccc(Cl)c2)c1. The predicted octanol–water partition coefficient (Wildman–Crippen LogP) is 2.71. The molecule has 0 fully saturated rings. The fraction of sp³-hybridized carbons (Fsp3) is 0.158. The summed E-state index contributed by atoms with van der Waals surface area (Å²) in [4.78, 5) is 47.6. The highest BCUT2D eigenvalue weighted by Crippen LogP contribution is 2.20. The minimum absolute atomic E-state index is 0.0126. The van der Waals surface area contributed by atoms with E-state index in [-0.39, 0.29) is 22.4 Å². The van der Waals surface area contributed by atoms with Gasteiger partial charge in [0.15, 0.2) is 6.61 Å². The summed E-state index contributed by atoms with van der Waals surface area (Å²) >= 11 is 5.80. The number of esters is 3. The van der Waals surface area contributed by atoms with E-state index in [0.717, 1.165) is 0 Å². The minimum Gasteiger partial charge on any atom is -0.465 e. The average Bonchev–Trinajstić information content (AvgIpc) is 2.70. The number of ether oxygens (including phenoxy) is 3. The number of methoxy groups -OCH3 is 2. The predicted molar refractivity (Wildman–Crippen MR) is 99.5 cm³/mol. The minimum atomic E-state index is -0.742. The third-order valence-corrected chi connectivity index (χ3v) is 3.75. The Kier molecular flexibility index (Phi) is 7.11. The van der Waals surface area contributed by atoms with E-state index in [1.165, 1.54) is 44.6 Å². The van der Waals surface area contributed by atoms with Gasteiger partial charge in [0, 0.05) is 5.02 Å². The van der Waals surface area contributed by atoms with Crippen molar-refractivity contribution in [3.63, 3.8) is 0 Å². The molecule has 9 heteroatoms. The summed E-state index contributed by atoms with van der Waals surface area (Å²) < 4.78 is 14.2. The molecule has 0 aliphatic carbocycles. The Morgan fingerprint density at radius 2 is 1.57 bits per heavy atom. The summed E-state index contributed by atoms with van der Waals surface area (Å²) in [5.41, 5.74) is 0.327. The van der Waals surface area contributed by atoms with Crippen molar-refractivity contribution >= 4 is 41.1 Å². The molecule has 2 aromatic rings. The second-order valence-electron chi connectivity index (χ2n) is 5.38. The van der Waals surface area contributed by atoms with Gasteiger partial charge in [-0.05, 0) is 36.4 Å². The number of benzene rings is 2. The molecule has 146 valence electrons. The summed E-state index contributed by atoms with van der Waals surface area (Å²) in [7, 11) is 2.37. The summed E-state index contributed by atoms with van der Waals surface area (Å²) in [5, 5.41) is 2.76. The van der Waals surface area contributed by atoms with Crippen LogP contribution in [-0.4, -0.2) is 44.6 Å². The maximum Gasteiger partial charge on any atom is 0.339 e. The third kappa shape index (κ3) is 5.31. The molecule has 0 atom stereocenters. The lowest BCUT2D eigenvalue weighted by Gasteiger charge is -2.11. The molecule has 0 heterocycles. The summed E-state index contributed by atoms with van der Waals surface area (Å²) in [6, 6.07) is 9.97. The van der Waals surface area contributed by atoms with Gasteiger partial charge in [0.2, 0.25) is 0 Å². The zero-order valence-electron chi connectivity index (χ0n) is 15.0. The van der Waals surface area contributed by atoms with Crippen LogP contribution in [0.25, 0.3) is 0 Å². The molecule has 0 aromatic heterocycles. The van der Waals surface area contributed by atoms with E-state index in [1.807, 2.05) is 0 Å². The molecule has 0 aliphatic heterocycles. The number of hydrogen-bond donors (Lipinski definition) is 1. The third-order valence-electron chi connectivity index (χ3n) is 3.51. The van der Waals surface area contributed by atoms with Gasteiger partial charge in [-0.3, -0.25) is 4.79 Å². The molecule has 0 unspecified atom stereocenters. The number of rotatable bonds is 6. The maximum absolute atomic E-state index is 12.1. The van der Waals surface area contributed by atoms with E-state index in [1.54, 1.807) is 12.1 Å². The Labute approximate surface area is 165 Å². The van der Waals surface area contributed by atoms with E-state index in [2.05, 4.69) is 14.8 Å². The van der Waals surface area contributed by atoms with E-state index >= 15 is 0 Å². The van der Waals surface area contributed by atoms with Crippen molar-refractivity contribution in [2.75, 3.05) is 26.1 Å². The van der Waals surface area contributed by atoms with Crippen LogP contribution in [0.1, 0.15) is 31.1 Å². The monoisotopic (exact) mass is 405 g/mol. The van der Waals surface area contributed by atoms with Crippen molar-refractivity contribution in [1.82, 2.24) is 0 Å². The molecule has 0 saturated carbocycles. The molecule has 0 saturated heterocycles. The van der Waals surface area contributed by atoms with Crippen LogP contribution in [0.4, 0.5) is 5.69 Å². The fourth-order valence-corrected chi connectivity index (χ4v) is 2.39. The molecule has 28 heavy (non-hydrogen) atoms. The molecule has 2 aromatic carbocycles. The molecule has 1 amide bonds. The van der Waals surface area contributed by atoms with Gasteiger partial charge in [0.1, 0.15) is 0 Å². The van der Waals surface area contributed by atoms with Gasteiger partial charge in [-0.25, -0.2) is 14.4 Å². The van der Waals surface area contributed by atoms with Crippen LogP contribution in [0.5, 0.6) is 0 Å². The van der Waals surface area contributed by atoms with Gasteiger partial charge in [-0.15, -0.1) is 0 Å². The highest BCUT2D eigenvalue weighted by atomic mass is 35.5.